The van der Waals surface area contributed by atoms with Crippen LogP contribution in [0.4, 0.5) is 16.2 Å². The summed E-state index contributed by atoms with van der Waals surface area (Å²) in [5, 5.41) is 5.76. The Morgan fingerprint density at radius 2 is 1.79 bits per heavy atom. The maximum absolute atomic E-state index is 13.3. The normalized spacial score (nSPS) is 14.5. The monoisotopic (exact) mass is 635 g/mol. The van der Waals surface area contributed by atoms with Gasteiger partial charge in [0.25, 0.3) is 17.7 Å². The number of carbonyl (C=O) groups excluding carboxylic acids is 4. The summed E-state index contributed by atoms with van der Waals surface area (Å²) in [6.07, 6.45) is 1.29. The van der Waals surface area contributed by atoms with Crippen LogP contribution in [0.15, 0.2) is 64.6 Å². The Kier molecular flexibility index (Phi) is 8.42. The van der Waals surface area contributed by atoms with E-state index in [1.165, 1.54) is 18.2 Å². The van der Waals surface area contributed by atoms with Crippen LogP contribution in [-0.2, 0) is 14.4 Å². The van der Waals surface area contributed by atoms with Gasteiger partial charge in [0.2, 0.25) is 0 Å². The molecule has 8 nitrogen and oxygen atoms in total. The number of carbonyl (C=O) groups is 4. The van der Waals surface area contributed by atoms with Gasteiger partial charge in [0.1, 0.15) is 11.3 Å². The average molecular weight is 638 g/mol. The van der Waals surface area contributed by atoms with Crippen molar-refractivity contribution in [2.75, 3.05) is 16.8 Å². The number of hydrogen-bond acceptors (Lipinski definition) is 5. The predicted molar refractivity (Wildman–Crippen MR) is 150 cm³/mol. The first-order valence-corrected chi connectivity index (χ1v) is 12.8. The summed E-state index contributed by atoms with van der Waals surface area (Å²) in [5.74, 6) is -1.98. The molecule has 3 aromatic carbocycles. The number of amides is 5. The molecule has 1 fully saturated rings. The zero-order valence-corrected chi connectivity index (χ0v) is 23.3. The third-order valence-electron chi connectivity index (χ3n) is 5.35. The second kappa shape index (κ2) is 11.6. The maximum atomic E-state index is 13.3. The predicted octanol–water partition coefficient (Wildman–Crippen LogP) is 6.40. The minimum absolute atomic E-state index is 0.216. The number of ether oxygens (including phenoxy) is 1. The first-order chi connectivity index (χ1) is 18.0. The highest BCUT2D eigenvalue weighted by Crippen LogP contribution is 2.31. The van der Waals surface area contributed by atoms with E-state index in [1.807, 2.05) is 0 Å². The summed E-state index contributed by atoms with van der Waals surface area (Å²) in [7, 11) is 0. The first-order valence-electron chi connectivity index (χ1n) is 10.9. The Morgan fingerprint density at radius 1 is 1.03 bits per heavy atom. The Balaban J connectivity index is 1.59. The Morgan fingerprint density at radius 3 is 2.53 bits per heavy atom. The van der Waals surface area contributed by atoms with Gasteiger partial charge in [0.15, 0.2) is 6.61 Å². The quantitative estimate of drug-likeness (QED) is 0.241. The lowest BCUT2D eigenvalue weighted by Gasteiger charge is -2.27. The van der Waals surface area contributed by atoms with Crippen LogP contribution < -0.4 is 20.3 Å². The molecule has 194 valence electrons. The zero-order valence-electron chi connectivity index (χ0n) is 19.5. The topological polar surface area (TPSA) is 105 Å². The van der Waals surface area contributed by atoms with E-state index in [2.05, 4.69) is 26.6 Å². The molecule has 0 spiro atoms. The number of anilines is 2. The van der Waals surface area contributed by atoms with Gasteiger partial charge in [-0.2, -0.15) is 0 Å². The molecule has 1 aliphatic rings. The molecule has 0 bridgehead atoms. The molecule has 0 unspecified atom stereocenters. The van der Waals surface area contributed by atoms with E-state index in [1.54, 1.807) is 49.4 Å². The molecule has 38 heavy (non-hydrogen) atoms. The molecule has 0 radical (unpaired) electrons. The lowest BCUT2D eigenvalue weighted by atomic mass is 10.0. The molecule has 2 N–H and O–H groups in total. The van der Waals surface area contributed by atoms with Crippen LogP contribution in [0.1, 0.15) is 11.1 Å². The van der Waals surface area contributed by atoms with Gasteiger partial charge in [-0.05, 0) is 67.1 Å². The minimum Gasteiger partial charge on any atom is -0.483 e. The van der Waals surface area contributed by atoms with Crippen molar-refractivity contribution in [2.45, 2.75) is 6.92 Å². The second-order valence-electron chi connectivity index (χ2n) is 8.04. The van der Waals surface area contributed by atoms with Crippen LogP contribution in [0.2, 0.25) is 15.1 Å². The number of benzene rings is 3. The number of halogens is 4. The smallest absolute Gasteiger partial charge is 0.335 e. The van der Waals surface area contributed by atoms with Gasteiger partial charge in [0.05, 0.1) is 15.7 Å². The van der Waals surface area contributed by atoms with Crippen LogP contribution in [0.5, 0.6) is 5.75 Å². The van der Waals surface area contributed by atoms with Crippen molar-refractivity contribution in [1.82, 2.24) is 5.32 Å². The van der Waals surface area contributed by atoms with Gasteiger partial charge >= 0.3 is 6.03 Å². The molecular formula is C26H17BrCl3N3O5. The molecule has 3 aromatic rings. The number of barbiturate groups is 1. The number of imide groups is 2. The molecule has 0 saturated carbocycles. The van der Waals surface area contributed by atoms with Crippen molar-refractivity contribution in [3.05, 3.63) is 90.8 Å². The van der Waals surface area contributed by atoms with Crippen molar-refractivity contribution >= 4 is 91.9 Å². The van der Waals surface area contributed by atoms with Crippen molar-refractivity contribution in [3.8, 4) is 5.75 Å². The number of rotatable bonds is 6. The van der Waals surface area contributed by atoms with Crippen LogP contribution in [-0.4, -0.2) is 30.4 Å². The van der Waals surface area contributed by atoms with Crippen LogP contribution in [0.25, 0.3) is 6.08 Å². The summed E-state index contributed by atoms with van der Waals surface area (Å²) in [5.41, 5.74) is 1.27. The summed E-state index contributed by atoms with van der Waals surface area (Å²) in [4.78, 5) is 51.8. The molecule has 1 heterocycles. The number of nitrogens with zero attached hydrogens (tertiary/aromatic N) is 1. The van der Waals surface area contributed by atoms with Crippen LogP contribution in [0.3, 0.4) is 0 Å². The molecule has 0 aromatic heterocycles. The van der Waals surface area contributed by atoms with E-state index in [0.717, 1.165) is 4.90 Å². The lowest BCUT2D eigenvalue weighted by Crippen LogP contribution is -2.54. The molecule has 5 amide bonds. The fraction of sp³-hybridized carbons (Fsp3) is 0.0769. The molecule has 1 saturated heterocycles. The fourth-order valence-corrected chi connectivity index (χ4v) is 4.38. The summed E-state index contributed by atoms with van der Waals surface area (Å²) >= 11 is 21.3. The summed E-state index contributed by atoms with van der Waals surface area (Å²) < 4.78 is 6.31. The highest BCUT2D eigenvalue weighted by atomic mass is 79.9. The summed E-state index contributed by atoms with van der Waals surface area (Å²) in [6.45, 7) is 1.32. The van der Waals surface area contributed by atoms with Crippen molar-refractivity contribution in [2.24, 2.45) is 0 Å². The third-order valence-corrected chi connectivity index (χ3v) is 6.81. The molecule has 4 rings (SSSR count). The standard InChI is InChI=1S/C26H17BrCl3N3O5/c1-13-2-4-16(28)10-21(13)33-25(36)18(24(35)32-26(33)37)9-14-8-15(27)3-7-22(14)38-12-23(34)31-17-5-6-19(29)20(30)11-17/h2-11H,12H2,1H3,(H,31,34)(H,32,35,37)/b18-9+. The highest BCUT2D eigenvalue weighted by molar-refractivity contribution is 9.10. The number of urea groups is 1. The number of hydrogen-bond donors (Lipinski definition) is 2. The first kappa shape index (κ1) is 27.7. The van der Waals surface area contributed by atoms with Gasteiger partial charge < -0.3 is 10.1 Å². The molecule has 12 heteroatoms. The highest BCUT2D eigenvalue weighted by Gasteiger charge is 2.37. The SMILES string of the molecule is Cc1ccc(Cl)cc1N1C(=O)NC(=O)/C(=C\c2cc(Br)ccc2OCC(=O)Nc2ccc(Cl)c(Cl)c2)C1=O. The van der Waals surface area contributed by atoms with Crippen molar-refractivity contribution < 1.29 is 23.9 Å². The summed E-state index contributed by atoms with van der Waals surface area (Å²) in [6, 6.07) is 13.3. The van der Waals surface area contributed by atoms with E-state index >= 15 is 0 Å². The van der Waals surface area contributed by atoms with Gasteiger partial charge in [0, 0.05) is 20.7 Å². The van der Waals surface area contributed by atoms with E-state index < -0.39 is 23.8 Å². The maximum Gasteiger partial charge on any atom is 0.335 e. The fourth-order valence-electron chi connectivity index (χ4n) is 3.53. The molecular weight excluding hydrogens is 621 g/mol. The number of nitrogens with one attached hydrogen (secondary N) is 2. The third kappa shape index (κ3) is 6.19. The van der Waals surface area contributed by atoms with Crippen LogP contribution in [0, 0.1) is 6.92 Å². The average Bonchev–Trinajstić information content (AvgIpc) is 2.85. The van der Waals surface area contributed by atoms with Crippen molar-refractivity contribution in [1.29, 1.82) is 0 Å². The van der Waals surface area contributed by atoms with Gasteiger partial charge in [-0.1, -0.05) is 56.8 Å². The Labute approximate surface area is 240 Å². The minimum atomic E-state index is -0.896. The zero-order chi connectivity index (χ0) is 27.6. The van der Waals surface area contributed by atoms with E-state index in [9.17, 15) is 19.2 Å². The van der Waals surface area contributed by atoms with Gasteiger partial charge in [-0.3, -0.25) is 19.7 Å². The van der Waals surface area contributed by atoms with E-state index in [4.69, 9.17) is 39.5 Å². The molecule has 1 aliphatic heterocycles. The molecule has 0 aliphatic carbocycles. The van der Waals surface area contributed by atoms with Crippen LogP contribution >= 0.6 is 50.7 Å². The van der Waals surface area contributed by atoms with E-state index in [-0.39, 0.29) is 28.6 Å². The van der Waals surface area contributed by atoms with E-state index in [0.29, 0.717) is 31.3 Å². The second-order valence-corrected chi connectivity index (χ2v) is 10.2. The molecule has 0 atom stereocenters. The Hall–Kier alpha value is -3.37. The Bertz CT molecular complexity index is 1530. The largest absolute Gasteiger partial charge is 0.483 e. The van der Waals surface area contributed by atoms with Gasteiger partial charge in [-0.25, -0.2) is 9.69 Å². The lowest BCUT2D eigenvalue weighted by molar-refractivity contribution is -0.122. The van der Waals surface area contributed by atoms with Crippen molar-refractivity contribution in [3.63, 3.8) is 0 Å². The van der Waals surface area contributed by atoms with Gasteiger partial charge in [-0.15, -0.1) is 0 Å². The number of aryl methyl sites for hydroxylation is 1.